The third-order valence-electron chi connectivity index (χ3n) is 5.09. The number of nitrogens with zero attached hydrogens (tertiary/aromatic N) is 1. The fourth-order valence-electron chi connectivity index (χ4n) is 3.89. The molecule has 0 radical (unpaired) electrons. The van der Waals surface area contributed by atoms with Gasteiger partial charge in [0.2, 0.25) is 0 Å². The predicted octanol–water partition coefficient (Wildman–Crippen LogP) is 3.81. The quantitative estimate of drug-likeness (QED) is 0.786. The smallest absolute Gasteiger partial charge is 0.0200 e. The zero-order valence-corrected chi connectivity index (χ0v) is 13.2. The summed E-state index contributed by atoms with van der Waals surface area (Å²) in [6, 6.07) is 1.58. The highest BCUT2D eigenvalue weighted by atomic mass is 15.2. The zero-order valence-electron chi connectivity index (χ0n) is 13.2. The normalized spacial score (nSPS) is 30.6. The molecule has 1 aliphatic carbocycles. The van der Waals surface area contributed by atoms with E-state index in [4.69, 9.17) is 0 Å². The molecule has 2 atom stereocenters. The Morgan fingerprint density at radius 3 is 2.47 bits per heavy atom. The minimum atomic E-state index is 0.763. The van der Waals surface area contributed by atoms with Crippen molar-refractivity contribution >= 4 is 0 Å². The van der Waals surface area contributed by atoms with E-state index in [9.17, 15) is 0 Å². The maximum Gasteiger partial charge on any atom is 0.0200 e. The summed E-state index contributed by atoms with van der Waals surface area (Å²) in [6.45, 7) is 8.63. The van der Waals surface area contributed by atoms with Crippen LogP contribution in [0.2, 0.25) is 0 Å². The fourth-order valence-corrected chi connectivity index (χ4v) is 3.89. The van der Waals surface area contributed by atoms with Crippen LogP contribution in [0.4, 0.5) is 0 Å². The van der Waals surface area contributed by atoms with Gasteiger partial charge in [0.15, 0.2) is 0 Å². The molecule has 0 amide bonds. The molecule has 2 nitrogen and oxygen atoms in total. The standard InChI is InChI=1S/C17H34N2/c1-3-5-11-19-13-15(4-2)12-17(14-19)18-16-9-7-6-8-10-16/h15-18H,3-14H2,1-2H3. The number of unbranched alkanes of at least 4 members (excludes halogenated alkanes) is 1. The van der Waals surface area contributed by atoms with Gasteiger partial charge in [-0.25, -0.2) is 0 Å². The molecular formula is C17H34N2. The summed E-state index contributed by atoms with van der Waals surface area (Å²) in [6.07, 6.45) is 12.7. The molecule has 2 aliphatic rings. The first-order valence-corrected chi connectivity index (χ1v) is 8.80. The summed E-state index contributed by atoms with van der Waals surface area (Å²) in [5.41, 5.74) is 0. The van der Waals surface area contributed by atoms with E-state index >= 15 is 0 Å². The van der Waals surface area contributed by atoms with Crippen molar-refractivity contribution in [2.75, 3.05) is 19.6 Å². The van der Waals surface area contributed by atoms with Gasteiger partial charge in [0, 0.05) is 25.2 Å². The van der Waals surface area contributed by atoms with Crippen LogP contribution >= 0.6 is 0 Å². The van der Waals surface area contributed by atoms with Gasteiger partial charge < -0.3 is 10.2 Å². The van der Waals surface area contributed by atoms with Crippen LogP contribution in [0.3, 0.4) is 0 Å². The van der Waals surface area contributed by atoms with Crippen LogP contribution in [0.1, 0.15) is 71.6 Å². The van der Waals surface area contributed by atoms with E-state index in [1.807, 2.05) is 0 Å². The number of likely N-dealkylation sites (tertiary alicyclic amines) is 1. The SMILES string of the molecule is CCCCN1CC(CC)CC(NC2CCCCC2)C1. The van der Waals surface area contributed by atoms with E-state index in [1.165, 1.54) is 77.4 Å². The Morgan fingerprint density at radius 1 is 1.00 bits per heavy atom. The van der Waals surface area contributed by atoms with Crippen molar-refractivity contribution in [1.29, 1.82) is 0 Å². The van der Waals surface area contributed by atoms with E-state index in [2.05, 4.69) is 24.1 Å². The molecule has 1 heterocycles. The van der Waals surface area contributed by atoms with E-state index in [0.29, 0.717) is 0 Å². The summed E-state index contributed by atoms with van der Waals surface area (Å²) in [5, 5.41) is 3.99. The Hall–Kier alpha value is -0.0800. The van der Waals surface area contributed by atoms with Crippen molar-refractivity contribution in [2.45, 2.75) is 83.7 Å². The zero-order chi connectivity index (χ0) is 13.5. The maximum atomic E-state index is 3.99. The van der Waals surface area contributed by atoms with Crippen LogP contribution in [0, 0.1) is 5.92 Å². The van der Waals surface area contributed by atoms with Gasteiger partial charge in [-0.15, -0.1) is 0 Å². The topological polar surface area (TPSA) is 15.3 Å². The number of nitrogens with one attached hydrogen (secondary N) is 1. The molecule has 2 heteroatoms. The van der Waals surface area contributed by atoms with Crippen LogP contribution in [0.5, 0.6) is 0 Å². The average molecular weight is 266 g/mol. The van der Waals surface area contributed by atoms with Crippen LogP contribution in [0.25, 0.3) is 0 Å². The minimum absolute atomic E-state index is 0.763. The fraction of sp³-hybridized carbons (Fsp3) is 1.00. The molecule has 0 aromatic rings. The van der Waals surface area contributed by atoms with Crippen LogP contribution < -0.4 is 5.32 Å². The Balaban J connectivity index is 1.80. The first-order valence-electron chi connectivity index (χ1n) is 8.80. The van der Waals surface area contributed by atoms with E-state index in [-0.39, 0.29) is 0 Å². The van der Waals surface area contributed by atoms with Crippen LogP contribution in [-0.4, -0.2) is 36.6 Å². The predicted molar refractivity (Wildman–Crippen MR) is 83.5 cm³/mol. The molecule has 1 saturated heterocycles. The van der Waals surface area contributed by atoms with Crippen molar-refractivity contribution in [2.24, 2.45) is 5.92 Å². The maximum absolute atomic E-state index is 3.99. The second-order valence-electron chi connectivity index (χ2n) is 6.82. The Labute approximate surface area is 120 Å². The summed E-state index contributed by atoms with van der Waals surface area (Å²) >= 11 is 0. The summed E-state index contributed by atoms with van der Waals surface area (Å²) in [4.78, 5) is 2.72. The lowest BCUT2D eigenvalue weighted by Gasteiger charge is -2.40. The second kappa shape index (κ2) is 8.26. The average Bonchev–Trinajstić information content (AvgIpc) is 2.46. The lowest BCUT2D eigenvalue weighted by Crippen LogP contribution is -2.52. The van der Waals surface area contributed by atoms with Crippen LogP contribution in [-0.2, 0) is 0 Å². The molecule has 0 aromatic carbocycles. The minimum Gasteiger partial charge on any atom is -0.310 e. The van der Waals surface area contributed by atoms with Gasteiger partial charge in [-0.2, -0.15) is 0 Å². The first-order chi connectivity index (χ1) is 9.31. The van der Waals surface area contributed by atoms with Gasteiger partial charge >= 0.3 is 0 Å². The van der Waals surface area contributed by atoms with Gasteiger partial charge in [0.05, 0.1) is 0 Å². The van der Waals surface area contributed by atoms with Crippen molar-refractivity contribution < 1.29 is 0 Å². The third-order valence-corrected chi connectivity index (χ3v) is 5.09. The highest BCUT2D eigenvalue weighted by molar-refractivity contribution is 4.86. The molecule has 0 bridgehead atoms. The molecular weight excluding hydrogens is 232 g/mol. The molecule has 2 rings (SSSR count). The molecule has 19 heavy (non-hydrogen) atoms. The monoisotopic (exact) mass is 266 g/mol. The van der Waals surface area contributed by atoms with Gasteiger partial charge in [0.1, 0.15) is 0 Å². The molecule has 1 N–H and O–H groups in total. The van der Waals surface area contributed by atoms with Gasteiger partial charge in [0.25, 0.3) is 0 Å². The number of rotatable bonds is 6. The van der Waals surface area contributed by atoms with E-state index in [0.717, 1.165) is 18.0 Å². The van der Waals surface area contributed by atoms with Gasteiger partial charge in [-0.05, 0) is 38.1 Å². The molecule has 2 fully saturated rings. The highest BCUT2D eigenvalue weighted by Crippen LogP contribution is 2.23. The van der Waals surface area contributed by atoms with E-state index in [1.54, 1.807) is 0 Å². The Morgan fingerprint density at radius 2 is 1.79 bits per heavy atom. The lowest BCUT2D eigenvalue weighted by molar-refractivity contribution is 0.127. The summed E-state index contributed by atoms with van der Waals surface area (Å²) in [7, 11) is 0. The van der Waals surface area contributed by atoms with Crippen molar-refractivity contribution in [3.05, 3.63) is 0 Å². The summed E-state index contributed by atoms with van der Waals surface area (Å²) in [5.74, 6) is 0.923. The Kier molecular flexibility index (Phi) is 6.66. The third kappa shape index (κ3) is 5.07. The molecule has 112 valence electrons. The highest BCUT2D eigenvalue weighted by Gasteiger charge is 2.27. The van der Waals surface area contributed by atoms with E-state index < -0.39 is 0 Å². The second-order valence-corrected chi connectivity index (χ2v) is 6.82. The summed E-state index contributed by atoms with van der Waals surface area (Å²) < 4.78 is 0. The molecule has 2 unspecified atom stereocenters. The molecule has 1 aliphatic heterocycles. The molecule has 0 spiro atoms. The number of hydrogen-bond acceptors (Lipinski definition) is 2. The van der Waals surface area contributed by atoms with Gasteiger partial charge in [-0.3, -0.25) is 0 Å². The first kappa shape index (κ1) is 15.3. The lowest BCUT2D eigenvalue weighted by atomic mass is 9.89. The molecule has 0 aromatic heterocycles. The van der Waals surface area contributed by atoms with Crippen molar-refractivity contribution in [3.8, 4) is 0 Å². The van der Waals surface area contributed by atoms with Gasteiger partial charge in [-0.1, -0.05) is 46.0 Å². The van der Waals surface area contributed by atoms with Crippen LogP contribution in [0.15, 0.2) is 0 Å². The van der Waals surface area contributed by atoms with Crippen molar-refractivity contribution in [1.82, 2.24) is 10.2 Å². The number of hydrogen-bond donors (Lipinski definition) is 1. The largest absolute Gasteiger partial charge is 0.310 e. The number of piperidine rings is 1. The molecule has 1 saturated carbocycles. The Bertz CT molecular complexity index is 235. The van der Waals surface area contributed by atoms with Crippen molar-refractivity contribution in [3.63, 3.8) is 0 Å².